The zero-order valence-corrected chi connectivity index (χ0v) is 22.0. The second-order valence-corrected chi connectivity index (χ2v) is 8.73. The number of hydrogen-bond donors (Lipinski definition) is 4. The number of nitrogens with zero attached hydrogens (tertiary/aromatic N) is 1. The number of benzene rings is 2. The molecule has 0 unspecified atom stereocenters. The van der Waals surface area contributed by atoms with E-state index >= 15 is 0 Å². The third-order valence-corrected chi connectivity index (χ3v) is 5.59. The number of nitrogens with one attached hydrogen (secondary N) is 3. The van der Waals surface area contributed by atoms with Gasteiger partial charge in [0.25, 0.3) is 0 Å². The molecule has 2 aromatic carbocycles. The number of urea groups is 1. The van der Waals surface area contributed by atoms with E-state index < -0.39 is 17.9 Å². The summed E-state index contributed by atoms with van der Waals surface area (Å²) in [6.45, 7) is 4.18. The van der Waals surface area contributed by atoms with Crippen molar-refractivity contribution >= 4 is 35.2 Å². The van der Waals surface area contributed by atoms with Crippen molar-refractivity contribution in [2.24, 2.45) is 0 Å². The minimum absolute atomic E-state index is 0.0589. The van der Waals surface area contributed by atoms with Gasteiger partial charge < -0.3 is 30.7 Å². The van der Waals surface area contributed by atoms with Gasteiger partial charge in [-0.1, -0.05) is 42.5 Å². The number of para-hydroxylation sites is 1. The van der Waals surface area contributed by atoms with Gasteiger partial charge in [0.1, 0.15) is 0 Å². The summed E-state index contributed by atoms with van der Waals surface area (Å²) in [5.41, 5.74) is 2.94. The van der Waals surface area contributed by atoms with E-state index in [0.717, 1.165) is 11.1 Å². The van der Waals surface area contributed by atoms with Gasteiger partial charge in [-0.3, -0.25) is 14.4 Å². The van der Waals surface area contributed by atoms with Crippen molar-refractivity contribution in [2.75, 3.05) is 37.4 Å². The first kappa shape index (κ1) is 30.0. The highest BCUT2D eigenvalue weighted by molar-refractivity contribution is 6.00. The number of ether oxygens (including phenoxy) is 1. The fourth-order valence-corrected chi connectivity index (χ4v) is 3.70. The monoisotopic (exact) mass is 524 g/mol. The maximum atomic E-state index is 13.0. The fourth-order valence-electron chi connectivity index (χ4n) is 3.70. The van der Waals surface area contributed by atoms with E-state index in [4.69, 9.17) is 9.84 Å². The third kappa shape index (κ3) is 10.8. The van der Waals surface area contributed by atoms with Crippen LogP contribution in [0.4, 0.5) is 16.2 Å². The largest absolute Gasteiger partial charge is 0.481 e. The Morgan fingerprint density at radius 2 is 1.76 bits per heavy atom. The number of hydrogen-bond acceptors (Lipinski definition) is 5. The van der Waals surface area contributed by atoms with E-state index in [-0.39, 0.29) is 31.3 Å². The number of anilines is 2. The van der Waals surface area contributed by atoms with Crippen molar-refractivity contribution in [3.05, 3.63) is 71.8 Å². The van der Waals surface area contributed by atoms with Crippen LogP contribution in [0.25, 0.3) is 0 Å². The standard InChI is InChI=1S/C28H36N4O6/c1-4-8-23(18-27(35)36)29-25(33)19-32(15-7-16-38-3)26(34)17-21-11-13-22(14-12-21)30-28(37)31-24-10-6-5-9-20(24)2/h4-6,8-14,23H,7,15-19H2,1-3H3,(H,29,33)(H,35,36)(H2,30,31,37)/t23-/m1/s1. The number of methoxy groups -OCH3 is 1. The number of allylic oxidation sites excluding steroid dienone is 1. The number of carbonyl (C=O) groups excluding carboxylic acids is 3. The van der Waals surface area contributed by atoms with Crippen LogP contribution in [0, 0.1) is 6.92 Å². The number of aryl methyl sites for hydroxylation is 1. The zero-order valence-electron chi connectivity index (χ0n) is 22.0. The Morgan fingerprint density at radius 1 is 1.05 bits per heavy atom. The highest BCUT2D eigenvalue weighted by Crippen LogP contribution is 2.15. The van der Waals surface area contributed by atoms with E-state index in [9.17, 15) is 19.2 Å². The lowest BCUT2D eigenvalue weighted by atomic mass is 10.1. The van der Waals surface area contributed by atoms with Gasteiger partial charge in [0.2, 0.25) is 11.8 Å². The molecule has 2 aromatic rings. The molecular weight excluding hydrogens is 488 g/mol. The molecule has 0 aliphatic rings. The zero-order chi connectivity index (χ0) is 27.9. The number of carboxylic acids is 1. The summed E-state index contributed by atoms with van der Waals surface area (Å²) in [5, 5.41) is 17.3. The summed E-state index contributed by atoms with van der Waals surface area (Å²) in [7, 11) is 1.56. The number of aliphatic carboxylic acids is 1. The molecule has 204 valence electrons. The van der Waals surface area contributed by atoms with Crippen LogP contribution in [0.2, 0.25) is 0 Å². The summed E-state index contributed by atoms with van der Waals surface area (Å²) in [4.78, 5) is 50.5. The number of amides is 4. The maximum Gasteiger partial charge on any atom is 0.323 e. The molecule has 0 saturated heterocycles. The molecule has 2 rings (SSSR count). The van der Waals surface area contributed by atoms with E-state index in [1.165, 1.54) is 4.90 Å². The second-order valence-electron chi connectivity index (χ2n) is 8.73. The Labute approximate surface area is 223 Å². The fraction of sp³-hybridized carbons (Fsp3) is 0.357. The van der Waals surface area contributed by atoms with E-state index in [1.54, 1.807) is 50.5 Å². The minimum atomic E-state index is -1.04. The highest BCUT2D eigenvalue weighted by Gasteiger charge is 2.20. The molecule has 38 heavy (non-hydrogen) atoms. The van der Waals surface area contributed by atoms with Crippen molar-refractivity contribution in [3.8, 4) is 0 Å². The van der Waals surface area contributed by atoms with Crippen LogP contribution in [0.15, 0.2) is 60.7 Å². The Hall–Kier alpha value is -4.18. The van der Waals surface area contributed by atoms with Gasteiger partial charge in [0.05, 0.1) is 25.4 Å². The van der Waals surface area contributed by atoms with E-state index in [1.807, 2.05) is 31.2 Å². The van der Waals surface area contributed by atoms with Gasteiger partial charge in [-0.05, 0) is 49.6 Å². The Kier molecular flexibility index (Phi) is 12.5. The van der Waals surface area contributed by atoms with Crippen molar-refractivity contribution in [1.29, 1.82) is 0 Å². The lowest BCUT2D eigenvalue weighted by Gasteiger charge is -2.23. The SMILES string of the molecule is CC=C[C@H](CC(=O)O)NC(=O)CN(CCCOC)C(=O)Cc1ccc(NC(=O)Nc2ccccc2C)cc1. The second kappa shape index (κ2) is 15.8. The lowest BCUT2D eigenvalue weighted by molar-refractivity contribution is -0.138. The molecule has 0 spiro atoms. The molecule has 0 bridgehead atoms. The molecule has 0 radical (unpaired) electrons. The molecule has 0 aromatic heterocycles. The molecule has 4 N–H and O–H groups in total. The third-order valence-electron chi connectivity index (χ3n) is 5.59. The van der Waals surface area contributed by atoms with Crippen LogP contribution in [-0.2, 0) is 25.5 Å². The normalized spacial score (nSPS) is 11.6. The molecule has 10 heteroatoms. The van der Waals surface area contributed by atoms with Gasteiger partial charge in [-0.2, -0.15) is 0 Å². The van der Waals surface area contributed by atoms with Gasteiger partial charge >= 0.3 is 12.0 Å². The first-order valence-electron chi connectivity index (χ1n) is 12.3. The summed E-state index contributed by atoms with van der Waals surface area (Å²) < 4.78 is 5.07. The summed E-state index contributed by atoms with van der Waals surface area (Å²) in [6, 6.07) is 13.3. The van der Waals surface area contributed by atoms with Gasteiger partial charge in [0.15, 0.2) is 0 Å². The first-order valence-corrected chi connectivity index (χ1v) is 12.3. The average molecular weight is 525 g/mol. The van der Waals surface area contributed by atoms with Crippen LogP contribution in [0.5, 0.6) is 0 Å². The lowest BCUT2D eigenvalue weighted by Crippen LogP contribution is -2.45. The Bertz CT molecular complexity index is 1120. The predicted octanol–water partition coefficient (Wildman–Crippen LogP) is 3.58. The molecule has 0 aliphatic carbocycles. The quantitative estimate of drug-likeness (QED) is 0.220. The van der Waals surface area contributed by atoms with Crippen LogP contribution in [0.1, 0.15) is 30.9 Å². The first-order chi connectivity index (χ1) is 18.2. The Balaban J connectivity index is 1.98. The van der Waals surface area contributed by atoms with Crippen LogP contribution >= 0.6 is 0 Å². The van der Waals surface area contributed by atoms with Crippen LogP contribution < -0.4 is 16.0 Å². The van der Waals surface area contributed by atoms with Gasteiger partial charge in [0, 0.05) is 31.6 Å². The van der Waals surface area contributed by atoms with Crippen molar-refractivity contribution < 1.29 is 29.0 Å². The van der Waals surface area contributed by atoms with Crippen molar-refractivity contribution in [1.82, 2.24) is 10.2 Å². The minimum Gasteiger partial charge on any atom is -0.481 e. The summed E-state index contributed by atoms with van der Waals surface area (Å²) >= 11 is 0. The number of rotatable bonds is 14. The topological polar surface area (TPSA) is 137 Å². The predicted molar refractivity (Wildman–Crippen MR) is 146 cm³/mol. The van der Waals surface area contributed by atoms with Crippen molar-refractivity contribution in [3.63, 3.8) is 0 Å². The van der Waals surface area contributed by atoms with Crippen LogP contribution in [0.3, 0.4) is 0 Å². The summed E-state index contributed by atoms with van der Waals surface area (Å²) in [5.74, 6) is -1.73. The smallest absolute Gasteiger partial charge is 0.323 e. The molecule has 1 atom stereocenters. The molecule has 0 fully saturated rings. The number of carboxylic acid groups (broad SMARTS) is 1. The van der Waals surface area contributed by atoms with Crippen LogP contribution in [-0.4, -0.2) is 66.7 Å². The molecule has 0 heterocycles. The molecular formula is C28H36N4O6. The van der Waals surface area contributed by atoms with Gasteiger partial charge in [-0.25, -0.2) is 4.79 Å². The van der Waals surface area contributed by atoms with E-state index in [0.29, 0.717) is 30.9 Å². The molecule has 4 amide bonds. The highest BCUT2D eigenvalue weighted by atomic mass is 16.5. The van der Waals surface area contributed by atoms with Crippen molar-refractivity contribution in [2.45, 2.75) is 39.2 Å². The average Bonchev–Trinajstić information content (AvgIpc) is 2.86. The summed E-state index contributed by atoms with van der Waals surface area (Å²) in [6.07, 6.45) is 3.61. The molecule has 0 aliphatic heterocycles. The molecule has 0 saturated carbocycles. The maximum absolute atomic E-state index is 13.0. The van der Waals surface area contributed by atoms with Gasteiger partial charge in [-0.15, -0.1) is 0 Å². The Morgan fingerprint density at radius 3 is 2.39 bits per heavy atom. The van der Waals surface area contributed by atoms with E-state index in [2.05, 4.69) is 16.0 Å². The number of carbonyl (C=O) groups is 4. The molecule has 10 nitrogen and oxygen atoms in total.